The van der Waals surface area contributed by atoms with Crippen LogP contribution in [0.2, 0.25) is 0 Å². The lowest BCUT2D eigenvalue weighted by molar-refractivity contribution is -0.115. The van der Waals surface area contributed by atoms with Crippen molar-refractivity contribution in [2.45, 2.75) is 34.6 Å². The Bertz CT molecular complexity index is 905. The molecule has 25 heavy (non-hydrogen) atoms. The maximum Gasteiger partial charge on any atom is 0.264 e. The molecule has 1 aliphatic rings. The van der Waals surface area contributed by atoms with Gasteiger partial charge in [-0.25, -0.2) is 4.99 Å². The van der Waals surface area contributed by atoms with Gasteiger partial charge in [0.15, 0.2) is 5.17 Å². The Balaban J connectivity index is 1.93. The van der Waals surface area contributed by atoms with Crippen LogP contribution in [-0.4, -0.2) is 11.1 Å². The fourth-order valence-electron chi connectivity index (χ4n) is 2.84. The second-order valence-corrected chi connectivity index (χ2v) is 7.55. The Morgan fingerprint density at radius 1 is 0.920 bits per heavy atom. The van der Waals surface area contributed by atoms with E-state index in [4.69, 9.17) is 0 Å². The van der Waals surface area contributed by atoms with Crippen molar-refractivity contribution >= 4 is 34.6 Å². The number of rotatable bonds is 2. The highest BCUT2D eigenvalue weighted by atomic mass is 32.2. The molecule has 0 bridgehead atoms. The van der Waals surface area contributed by atoms with Crippen LogP contribution in [-0.2, 0) is 4.79 Å². The van der Waals surface area contributed by atoms with Crippen LogP contribution in [0.1, 0.15) is 33.4 Å². The number of hydrogen-bond acceptors (Lipinski definition) is 3. The van der Waals surface area contributed by atoms with Crippen molar-refractivity contribution in [2.75, 3.05) is 0 Å². The summed E-state index contributed by atoms with van der Waals surface area (Å²) < 4.78 is 0. The Hall–Kier alpha value is -2.33. The normalized spacial score (nSPS) is 17.4. The first-order valence-electron chi connectivity index (χ1n) is 8.29. The van der Waals surface area contributed by atoms with Crippen molar-refractivity contribution in [3.63, 3.8) is 0 Å². The molecule has 0 saturated carbocycles. The summed E-state index contributed by atoms with van der Waals surface area (Å²) in [6, 6.07) is 10.4. The molecule has 0 atom stereocenters. The summed E-state index contributed by atoms with van der Waals surface area (Å²) in [5, 5.41) is 3.51. The van der Waals surface area contributed by atoms with Gasteiger partial charge < -0.3 is 5.32 Å². The van der Waals surface area contributed by atoms with Crippen molar-refractivity contribution in [2.24, 2.45) is 4.99 Å². The number of carbonyl (C=O) groups is 1. The number of aliphatic imine (C=N–C) groups is 1. The fraction of sp³-hybridized carbons (Fsp3) is 0.238. The van der Waals surface area contributed by atoms with Crippen LogP contribution in [0.15, 0.2) is 40.2 Å². The summed E-state index contributed by atoms with van der Waals surface area (Å²) in [4.78, 5) is 17.7. The molecule has 3 rings (SSSR count). The van der Waals surface area contributed by atoms with Gasteiger partial charge in [-0.3, -0.25) is 4.79 Å². The molecule has 1 saturated heterocycles. The molecule has 1 N–H and O–H groups in total. The number of amides is 1. The molecular formula is C21H22N2OS. The highest BCUT2D eigenvalue weighted by molar-refractivity contribution is 8.18. The first-order chi connectivity index (χ1) is 11.8. The largest absolute Gasteiger partial charge is 0.300 e. The lowest BCUT2D eigenvalue weighted by Crippen LogP contribution is -2.19. The van der Waals surface area contributed by atoms with Gasteiger partial charge in [-0.05, 0) is 85.8 Å². The van der Waals surface area contributed by atoms with E-state index in [1.807, 2.05) is 38.1 Å². The zero-order chi connectivity index (χ0) is 18.1. The summed E-state index contributed by atoms with van der Waals surface area (Å²) >= 11 is 1.40. The maximum atomic E-state index is 12.3. The molecule has 0 aromatic heterocycles. The third-order valence-electron chi connectivity index (χ3n) is 4.47. The number of carbonyl (C=O) groups excluding carboxylic acids is 1. The highest BCUT2D eigenvalue weighted by Gasteiger charge is 2.24. The Morgan fingerprint density at radius 3 is 2.24 bits per heavy atom. The predicted molar refractivity (Wildman–Crippen MR) is 107 cm³/mol. The Kier molecular flexibility index (Phi) is 4.82. The second-order valence-electron chi connectivity index (χ2n) is 6.52. The number of aryl methyl sites for hydroxylation is 5. The van der Waals surface area contributed by atoms with Crippen LogP contribution in [0.4, 0.5) is 5.69 Å². The van der Waals surface area contributed by atoms with E-state index in [1.54, 1.807) is 0 Å². The van der Waals surface area contributed by atoms with E-state index in [1.165, 1.54) is 28.5 Å². The molecule has 1 aliphatic heterocycles. The molecule has 4 heteroatoms. The number of benzene rings is 2. The minimum atomic E-state index is -0.0902. The molecular weight excluding hydrogens is 328 g/mol. The first-order valence-corrected chi connectivity index (χ1v) is 9.10. The van der Waals surface area contributed by atoms with Gasteiger partial charge in [-0.15, -0.1) is 0 Å². The van der Waals surface area contributed by atoms with E-state index in [0.29, 0.717) is 10.1 Å². The smallest absolute Gasteiger partial charge is 0.264 e. The molecule has 128 valence electrons. The molecule has 0 radical (unpaired) electrons. The summed E-state index contributed by atoms with van der Waals surface area (Å²) in [6.45, 7) is 10.3. The van der Waals surface area contributed by atoms with E-state index in [2.05, 4.69) is 43.2 Å². The molecule has 2 aromatic rings. The van der Waals surface area contributed by atoms with Crippen molar-refractivity contribution in [1.29, 1.82) is 0 Å². The predicted octanol–water partition coefficient (Wildman–Crippen LogP) is 5.12. The first kappa shape index (κ1) is 17.5. The van der Waals surface area contributed by atoms with E-state index in [0.717, 1.165) is 22.4 Å². The summed E-state index contributed by atoms with van der Waals surface area (Å²) in [5.74, 6) is -0.0902. The number of thioether (sulfide) groups is 1. The minimum Gasteiger partial charge on any atom is -0.300 e. The number of nitrogens with zero attached hydrogens (tertiary/aromatic N) is 1. The van der Waals surface area contributed by atoms with Crippen LogP contribution in [0, 0.1) is 34.6 Å². The van der Waals surface area contributed by atoms with Gasteiger partial charge in [-0.2, -0.15) is 0 Å². The zero-order valence-corrected chi connectivity index (χ0v) is 16.0. The summed E-state index contributed by atoms with van der Waals surface area (Å²) in [7, 11) is 0. The van der Waals surface area contributed by atoms with Gasteiger partial charge in [0, 0.05) is 0 Å². The average Bonchev–Trinajstić information content (AvgIpc) is 2.88. The maximum absolute atomic E-state index is 12.3. The standard InChI is InChI=1S/C21H22N2OS/c1-12-7-6-8-13(2)19(12)22-21-23-20(24)18(25-21)11-17-10-15(4)14(3)9-16(17)5/h6-11H,1-5H3,(H,22,23,24). The quantitative estimate of drug-likeness (QED) is 0.764. The fourth-order valence-corrected chi connectivity index (χ4v) is 3.66. The topological polar surface area (TPSA) is 41.5 Å². The third kappa shape index (κ3) is 3.69. The van der Waals surface area contributed by atoms with E-state index in [9.17, 15) is 4.79 Å². The van der Waals surface area contributed by atoms with Gasteiger partial charge in [0.1, 0.15) is 0 Å². The van der Waals surface area contributed by atoms with Crippen molar-refractivity contribution < 1.29 is 4.79 Å². The molecule has 3 nitrogen and oxygen atoms in total. The van der Waals surface area contributed by atoms with Crippen molar-refractivity contribution in [1.82, 2.24) is 5.32 Å². The molecule has 0 aliphatic carbocycles. The molecule has 0 unspecified atom stereocenters. The van der Waals surface area contributed by atoms with Crippen LogP contribution in [0.5, 0.6) is 0 Å². The zero-order valence-electron chi connectivity index (χ0n) is 15.2. The van der Waals surface area contributed by atoms with Crippen LogP contribution >= 0.6 is 11.8 Å². The number of para-hydroxylation sites is 1. The number of nitrogens with one attached hydrogen (secondary N) is 1. The van der Waals surface area contributed by atoms with Crippen LogP contribution in [0.3, 0.4) is 0 Å². The molecule has 2 aromatic carbocycles. The molecule has 1 amide bonds. The second kappa shape index (κ2) is 6.89. The number of hydrogen-bond donors (Lipinski definition) is 1. The minimum absolute atomic E-state index is 0.0902. The number of amidine groups is 1. The summed E-state index contributed by atoms with van der Waals surface area (Å²) in [6.07, 6.45) is 1.95. The van der Waals surface area contributed by atoms with E-state index < -0.39 is 0 Å². The van der Waals surface area contributed by atoms with Gasteiger partial charge in [-0.1, -0.05) is 30.3 Å². The van der Waals surface area contributed by atoms with Crippen LogP contribution in [0.25, 0.3) is 6.08 Å². The van der Waals surface area contributed by atoms with Crippen molar-refractivity contribution in [3.8, 4) is 0 Å². The van der Waals surface area contributed by atoms with Gasteiger partial charge in [0.2, 0.25) is 0 Å². The Morgan fingerprint density at radius 2 is 1.56 bits per heavy atom. The van der Waals surface area contributed by atoms with Crippen LogP contribution < -0.4 is 5.32 Å². The Labute approximate surface area is 153 Å². The lowest BCUT2D eigenvalue weighted by Gasteiger charge is -2.06. The highest BCUT2D eigenvalue weighted by Crippen LogP contribution is 2.31. The molecule has 1 fully saturated rings. The van der Waals surface area contributed by atoms with Gasteiger partial charge >= 0.3 is 0 Å². The van der Waals surface area contributed by atoms with E-state index in [-0.39, 0.29) is 5.91 Å². The van der Waals surface area contributed by atoms with Gasteiger partial charge in [0.05, 0.1) is 10.6 Å². The molecule has 1 heterocycles. The SMILES string of the molecule is Cc1cc(C)c(C=C2SC(=Nc3c(C)cccc3C)NC2=O)cc1C. The summed E-state index contributed by atoms with van der Waals surface area (Å²) in [5.41, 5.74) is 7.87. The average molecular weight is 350 g/mol. The molecule has 0 spiro atoms. The van der Waals surface area contributed by atoms with E-state index >= 15 is 0 Å². The van der Waals surface area contributed by atoms with Gasteiger partial charge in [0.25, 0.3) is 5.91 Å². The third-order valence-corrected chi connectivity index (χ3v) is 5.38. The lowest BCUT2D eigenvalue weighted by atomic mass is 10.0. The van der Waals surface area contributed by atoms with Crippen molar-refractivity contribution in [3.05, 3.63) is 68.6 Å². The monoisotopic (exact) mass is 350 g/mol.